The first-order valence-electron chi connectivity index (χ1n) is 5.35. The van der Waals surface area contributed by atoms with E-state index in [4.69, 9.17) is 5.26 Å². The molecule has 1 aromatic carbocycles. The van der Waals surface area contributed by atoms with Crippen LogP contribution in [0.1, 0.15) is 24.2 Å². The largest absolute Gasteiger partial charge is 0.389 e. The van der Waals surface area contributed by atoms with Crippen LogP contribution in [0.4, 0.5) is 0 Å². The standard InChI is InChI=1S/C14H12N2O/c1-10(17)14-9-16-6-5-13(14)12-4-2-3-11(7-12)8-15/h2-7,9-10,17H,1H3. The number of aliphatic hydroxyl groups excluding tert-OH is 1. The van der Waals surface area contributed by atoms with E-state index in [1.54, 1.807) is 31.5 Å². The van der Waals surface area contributed by atoms with E-state index in [9.17, 15) is 5.11 Å². The molecule has 0 spiro atoms. The molecule has 0 aliphatic rings. The Balaban J connectivity index is 2.57. The van der Waals surface area contributed by atoms with Crippen molar-refractivity contribution >= 4 is 0 Å². The fourth-order valence-corrected chi connectivity index (χ4v) is 1.76. The normalized spacial score (nSPS) is 11.8. The maximum atomic E-state index is 9.69. The van der Waals surface area contributed by atoms with Crippen molar-refractivity contribution in [3.05, 3.63) is 53.9 Å². The van der Waals surface area contributed by atoms with Crippen molar-refractivity contribution in [1.82, 2.24) is 4.98 Å². The Morgan fingerprint density at radius 3 is 2.88 bits per heavy atom. The van der Waals surface area contributed by atoms with Crippen LogP contribution >= 0.6 is 0 Å². The van der Waals surface area contributed by atoms with Crippen LogP contribution in [0.15, 0.2) is 42.7 Å². The molecule has 0 saturated heterocycles. The van der Waals surface area contributed by atoms with Crippen LogP contribution in [0.3, 0.4) is 0 Å². The van der Waals surface area contributed by atoms with Crippen molar-refractivity contribution in [2.45, 2.75) is 13.0 Å². The maximum absolute atomic E-state index is 9.69. The number of hydrogen-bond acceptors (Lipinski definition) is 3. The number of aromatic nitrogens is 1. The van der Waals surface area contributed by atoms with E-state index >= 15 is 0 Å². The number of pyridine rings is 1. The molecule has 0 aliphatic heterocycles. The first-order chi connectivity index (χ1) is 8.22. The minimum Gasteiger partial charge on any atom is -0.389 e. The average Bonchev–Trinajstić information content (AvgIpc) is 2.39. The highest BCUT2D eigenvalue weighted by Crippen LogP contribution is 2.27. The van der Waals surface area contributed by atoms with E-state index in [-0.39, 0.29) is 0 Å². The van der Waals surface area contributed by atoms with Gasteiger partial charge < -0.3 is 5.11 Å². The number of nitriles is 1. The highest BCUT2D eigenvalue weighted by molar-refractivity contribution is 5.68. The lowest BCUT2D eigenvalue weighted by molar-refractivity contribution is 0.199. The second kappa shape index (κ2) is 4.77. The predicted octanol–water partition coefficient (Wildman–Crippen LogP) is 2.67. The molecule has 17 heavy (non-hydrogen) atoms. The zero-order chi connectivity index (χ0) is 12.3. The minimum atomic E-state index is -0.579. The minimum absolute atomic E-state index is 0.579. The Labute approximate surface area is 100.0 Å². The summed E-state index contributed by atoms with van der Waals surface area (Å²) in [4.78, 5) is 4.01. The summed E-state index contributed by atoms with van der Waals surface area (Å²) in [5, 5.41) is 18.6. The Hall–Kier alpha value is -2.18. The SMILES string of the molecule is CC(O)c1cnccc1-c1cccc(C#N)c1. The van der Waals surface area contributed by atoms with Crippen LogP contribution in [0.25, 0.3) is 11.1 Å². The van der Waals surface area contributed by atoms with Crippen LogP contribution < -0.4 is 0 Å². The van der Waals surface area contributed by atoms with Crippen LogP contribution in [0, 0.1) is 11.3 Å². The molecule has 0 radical (unpaired) electrons. The van der Waals surface area contributed by atoms with Gasteiger partial charge in [0, 0.05) is 18.0 Å². The van der Waals surface area contributed by atoms with Crippen molar-refractivity contribution in [2.24, 2.45) is 0 Å². The molecular weight excluding hydrogens is 212 g/mol. The van der Waals surface area contributed by atoms with Gasteiger partial charge in [-0.05, 0) is 36.2 Å². The number of rotatable bonds is 2. The van der Waals surface area contributed by atoms with Gasteiger partial charge in [-0.1, -0.05) is 12.1 Å². The fourth-order valence-electron chi connectivity index (χ4n) is 1.76. The molecule has 1 N–H and O–H groups in total. The third kappa shape index (κ3) is 2.32. The summed E-state index contributed by atoms with van der Waals surface area (Å²) in [6.07, 6.45) is 2.75. The highest BCUT2D eigenvalue weighted by atomic mass is 16.3. The van der Waals surface area contributed by atoms with Crippen molar-refractivity contribution in [3.8, 4) is 17.2 Å². The number of aliphatic hydroxyl groups is 1. The number of hydrogen-bond donors (Lipinski definition) is 1. The van der Waals surface area contributed by atoms with Gasteiger partial charge >= 0.3 is 0 Å². The van der Waals surface area contributed by atoms with E-state index in [0.29, 0.717) is 5.56 Å². The van der Waals surface area contributed by atoms with Crippen LogP contribution in [-0.2, 0) is 0 Å². The Kier molecular flexibility index (Phi) is 3.17. The first kappa shape index (κ1) is 11.3. The summed E-state index contributed by atoms with van der Waals surface area (Å²) in [5.41, 5.74) is 3.20. The third-order valence-electron chi connectivity index (χ3n) is 2.60. The molecule has 2 aromatic rings. The molecule has 3 nitrogen and oxygen atoms in total. The second-order valence-corrected chi connectivity index (χ2v) is 3.83. The lowest BCUT2D eigenvalue weighted by Crippen LogP contribution is -1.96. The van der Waals surface area contributed by atoms with E-state index in [1.807, 2.05) is 18.2 Å². The summed E-state index contributed by atoms with van der Waals surface area (Å²) in [7, 11) is 0. The lowest BCUT2D eigenvalue weighted by Gasteiger charge is -2.11. The lowest BCUT2D eigenvalue weighted by atomic mass is 9.98. The summed E-state index contributed by atoms with van der Waals surface area (Å²) in [6.45, 7) is 1.70. The van der Waals surface area contributed by atoms with Gasteiger partial charge in [-0.2, -0.15) is 5.26 Å². The Morgan fingerprint density at radius 1 is 1.35 bits per heavy atom. The molecule has 0 aliphatic carbocycles. The quantitative estimate of drug-likeness (QED) is 0.853. The van der Waals surface area contributed by atoms with Crippen molar-refractivity contribution in [2.75, 3.05) is 0 Å². The highest BCUT2D eigenvalue weighted by Gasteiger charge is 2.09. The predicted molar refractivity (Wildman–Crippen MR) is 65.0 cm³/mol. The summed E-state index contributed by atoms with van der Waals surface area (Å²) >= 11 is 0. The van der Waals surface area contributed by atoms with Gasteiger partial charge in [0.2, 0.25) is 0 Å². The molecular formula is C14H12N2O. The Bertz CT molecular complexity index is 570. The van der Waals surface area contributed by atoms with Gasteiger partial charge in [0.1, 0.15) is 0 Å². The molecule has 0 saturated carbocycles. The molecule has 0 amide bonds. The average molecular weight is 224 g/mol. The zero-order valence-electron chi connectivity index (χ0n) is 9.46. The summed E-state index contributed by atoms with van der Waals surface area (Å²) in [6, 6.07) is 11.3. The van der Waals surface area contributed by atoms with E-state index in [0.717, 1.165) is 16.7 Å². The van der Waals surface area contributed by atoms with Gasteiger partial charge in [0.15, 0.2) is 0 Å². The zero-order valence-corrected chi connectivity index (χ0v) is 9.46. The van der Waals surface area contributed by atoms with Crippen molar-refractivity contribution < 1.29 is 5.11 Å². The first-order valence-corrected chi connectivity index (χ1v) is 5.35. The van der Waals surface area contributed by atoms with Crippen LogP contribution in [-0.4, -0.2) is 10.1 Å². The number of nitrogens with zero attached hydrogens (tertiary/aromatic N) is 2. The van der Waals surface area contributed by atoms with Gasteiger partial charge in [0.25, 0.3) is 0 Å². The molecule has 1 heterocycles. The molecule has 1 atom stereocenters. The van der Waals surface area contributed by atoms with Gasteiger partial charge in [-0.25, -0.2) is 0 Å². The molecule has 0 bridgehead atoms. The molecule has 3 heteroatoms. The number of benzene rings is 1. The van der Waals surface area contributed by atoms with Crippen molar-refractivity contribution in [3.63, 3.8) is 0 Å². The van der Waals surface area contributed by atoms with Gasteiger partial charge in [0.05, 0.1) is 17.7 Å². The van der Waals surface area contributed by atoms with Gasteiger partial charge in [-0.15, -0.1) is 0 Å². The second-order valence-electron chi connectivity index (χ2n) is 3.83. The maximum Gasteiger partial charge on any atom is 0.0991 e. The molecule has 2 rings (SSSR count). The topological polar surface area (TPSA) is 56.9 Å². The Morgan fingerprint density at radius 2 is 2.18 bits per heavy atom. The van der Waals surface area contributed by atoms with E-state index in [2.05, 4.69) is 11.1 Å². The van der Waals surface area contributed by atoms with Crippen LogP contribution in [0.5, 0.6) is 0 Å². The van der Waals surface area contributed by atoms with Crippen molar-refractivity contribution in [1.29, 1.82) is 5.26 Å². The van der Waals surface area contributed by atoms with Gasteiger partial charge in [-0.3, -0.25) is 4.98 Å². The molecule has 1 unspecified atom stereocenters. The monoisotopic (exact) mass is 224 g/mol. The molecule has 1 aromatic heterocycles. The van der Waals surface area contributed by atoms with Crippen LogP contribution in [0.2, 0.25) is 0 Å². The van der Waals surface area contributed by atoms with E-state index in [1.165, 1.54) is 0 Å². The summed E-state index contributed by atoms with van der Waals surface area (Å²) in [5.74, 6) is 0. The molecule has 0 fully saturated rings. The summed E-state index contributed by atoms with van der Waals surface area (Å²) < 4.78 is 0. The smallest absolute Gasteiger partial charge is 0.0991 e. The third-order valence-corrected chi connectivity index (χ3v) is 2.60. The fraction of sp³-hybridized carbons (Fsp3) is 0.143. The molecule has 84 valence electrons. The van der Waals surface area contributed by atoms with E-state index < -0.39 is 6.10 Å².